The normalized spacial score (nSPS) is 20.5. The number of amides is 2. The van der Waals surface area contributed by atoms with E-state index in [-0.39, 0.29) is 11.8 Å². The molecule has 0 unspecified atom stereocenters. The van der Waals surface area contributed by atoms with Crippen molar-refractivity contribution >= 4 is 34.9 Å². The maximum absolute atomic E-state index is 13.8. The van der Waals surface area contributed by atoms with Gasteiger partial charge in [-0.25, -0.2) is 0 Å². The molecule has 1 aromatic heterocycles. The summed E-state index contributed by atoms with van der Waals surface area (Å²) in [6.07, 6.45) is 6.59. The van der Waals surface area contributed by atoms with Crippen molar-refractivity contribution in [3.05, 3.63) is 94.7 Å². The van der Waals surface area contributed by atoms with E-state index in [9.17, 15) is 9.59 Å². The van der Waals surface area contributed by atoms with E-state index in [1.165, 1.54) is 0 Å². The van der Waals surface area contributed by atoms with Crippen LogP contribution in [0.3, 0.4) is 0 Å². The van der Waals surface area contributed by atoms with Gasteiger partial charge in [-0.05, 0) is 66.8 Å². The average Bonchev–Trinajstić information content (AvgIpc) is 3.37. The van der Waals surface area contributed by atoms with Crippen LogP contribution in [0.5, 0.6) is 0 Å². The van der Waals surface area contributed by atoms with Crippen LogP contribution in [-0.4, -0.2) is 22.3 Å². The molecule has 4 nitrogen and oxygen atoms in total. The third-order valence-corrected chi connectivity index (χ3v) is 7.29. The fourth-order valence-electron chi connectivity index (χ4n) is 4.46. The van der Waals surface area contributed by atoms with Gasteiger partial charge >= 0.3 is 0 Å². The van der Waals surface area contributed by atoms with E-state index in [0.717, 1.165) is 29.0 Å². The second-order valence-corrected chi connectivity index (χ2v) is 9.77. The fourth-order valence-corrected chi connectivity index (χ4v) is 5.08. The molecule has 0 bridgehead atoms. The molecule has 2 aromatic carbocycles. The molecular weight excluding hydrogens is 428 g/mol. The summed E-state index contributed by atoms with van der Waals surface area (Å²) in [4.78, 5) is 30.3. The monoisotopic (exact) mass is 458 g/mol. The molecule has 1 aliphatic rings. The summed E-state index contributed by atoms with van der Waals surface area (Å²) >= 11 is 1.59. The summed E-state index contributed by atoms with van der Waals surface area (Å²) in [6, 6.07) is 23.4. The number of carbonyl (C=O) groups excluding carboxylic acids is 2. The number of anilines is 1. The maximum Gasteiger partial charge on any atom is 0.250 e. The lowest BCUT2D eigenvalue weighted by molar-refractivity contribution is -0.145. The van der Waals surface area contributed by atoms with E-state index < -0.39 is 5.54 Å². The topological polar surface area (TPSA) is 49.4 Å². The first-order chi connectivity index (χ1) is 16.1. The molecule has 1 fully saturated rings. The molecule has 4 rings (SSSR count). The molecule has 1 N–H and O–H groups in total. The predicted octanol–water partition coefficient (Wildman–Crippen LogP) is 6.38. The van der Waals surface area contributed by atoms with Gasteiger partial charge in [0.05, 0.1) is 0 Å². The SMILES string of the molecule is CC1CCC(C(=O)Nc2ccccc2)(N(Cc2ccccc2)C(=O)C=Cc2cccs2)CC1. The van der Waals surface area contributed by atoms with E-state index >= 15 is 0 Å². The van der Waals surface area contributed by atoms with Gasteiger partial charge in [0.15, 0.2) is 0 Å². The number of thiophene rings is 1. The van der Waals surface area contributed by atoms with Crippen LogP contribution >= 0.6 is 11.3 Å². The lowest BCUT2D eigenvalue weighted by Gasteiger charge is -2.46. The summed E-state index contributed by atoms with van der Waals surface area (Å²) in [5, 5.41) is 5.09. The van der Waals surface area contributed by atoms with E-state index in [4.69, 9.17) is 0 Å². The molecule has 2 amide bonds. The Bertz CT molecular complexity index is 1070. The molecule has 170 valence electrons. The molecule has 0 atom stereocenters. The van der Waals surface area contributed by atoms with Crippen LogP contribution in [0.1, 0.15) is 43.0 Å². The number of hydrogen-bond acceptors (Lipinski definition) is 3. The van der Waals surface area contributed by atoms with Crippen molar-refractivity contribution in [3.63, 3.8) is 0 Å². The third-order valence-electron chi connectivity index (χ3n) is 6.46. The molecule has 1 aliphatic carbocycles. The highest BCUT2D eigenvalue weighted by Crippen LogP contribution is 2.39. The predicted molar refractivity (Wildman–Crippen MR) is 136 cm³/mol. The van der Waals surface area contributed by atoms with Gasteiger partial charge in [0, 0.05) is 23.2 Å². The minimum Gasteiger partial charge on any atom is -0.324 e. The van der Waals surface area contributed by atoms with E-state index in [1.807, 2.05) is 84.3 Å². The largest absolute Gasteiger partial charge is 0.324 e. The number of carbonyl (C=O) groups is 2. The Morgan fingerprint density at radius 2 is 1.67 bits per heavy atom. The van der Waals surface area contributed by atoms with Crippen LogP contribution < -0.4 is 5.32 Å². The Kier molecular flexibility index (Phi) is 7.40. The van der Waals surface area contributed by atoms with Crippen molar-refractivity contribution in [2.75, 3.05) is 5.32 Å². The smallest absolute Gasteiger partial charge is 0.250 e. The third kappa shape index (κ3) is 5.60. The molecule has 1 heterocycles. The number of rotatable bonds is 7. The summed E-state index contributed by atoms with van der Waals surface area (Å²) in [5.41, 5.74) is 0.873. The number of benzene rings is 2. The summed E-state index contributed by atoms with van der Waals surface area (Å²) < 4.78 is 0. The van der Waals surface area contributed by atoms with E-state index in [2.05, 4.69) is 12.2 Å². The van der Waals surface area contributed by atoms with Crippen molar-refractivity contribution in [3.8, 4) is 0 Å². The average molecular weight is 459 g/mol. The molecule has 0 aliphatic heterocycles. The highest BCUT2D eigenvalue weighted by atomic mass is 32.1. The zero-order chi connectivity index (χ0) is 23.1. The number of para-hydroxylation sites is 1. The summed E-state index contributed by atoms with van der Waals surface area (Å²) in [5.74, 6) is 0.303. The molecule has 1 saturated carbocycles. The number of nitrogens with one attached hydrogen (secondary N) is 1. The first-order valence-electron chi connectivity index (χ1n) is 11.5. The number of nitrogens with zero attached hydrogens (tertiary/aromatic N) is 1. The molecule has 33 heavy (non-hydrogen) atoms. The van der Waals surface area contributed by atoms with Crippen molar-refractivity contribution < 1.29 is 9.59 Å². The standard InChI is InChI=1S/C28H30N2O2S/c1-22-16-18-28(19-17-22,27(32)29-24-11-6-3-7-12-24)30(21-23-9-4-2-5-10-23)26(31)15-14-25-13-8-20-33-25/h2-15,20,22H,16-19,21H2,1H3,(H,29,32). The van der Waals surface area contributed by atoms with Gasteiger partial charge in [-0.3, -0.25) is 9.59 Å². The second-order valence-electron chi connectivity index (χ2n) is 8.79. The van der Waals surface area contributed by atoms with E-state index in [0.29, 0.717) is 25.3 Å². The Morgan fingerprint density at radius 1 is 1.00 bits per heavy atom. The van der Waals surface area contributed by atoms with Gasteiger partial charge in [0.2, 0.25) is 11.8 Å². The first kappa shape index (κ1) is 23.0. The van der Waals surface area contributed by atoms with Gasteiger partial charge in [0.25, 0.3) is 0 Å². The quantitative estimate of drug-likeness (QED) is 0.418. The Morgan fingerprint density at radius 3 is 2.30 bits per heavy atom. The summed E-state index contributed by atoms with van der Waals surface area (Å²) in [7, 11) is 0. The zero-order valence-electron chi connectivity index (χ0n) is 18.9. The van der Waals surface area contributed by atoms with Crippen molar-refractivity contribution in [1.29, 1.82) is 0 Å². The van der Waals surface area contributed by atoms with E-state index in [1.54, 1.807) is 22.3 Å². The highest BCUT2D eigenvalue weighted by molar-refractivity contribution is 7.10. The second kappa shape index (κ2) is 10.6. The van der Waals surface area contributed by atoms with Gasteiger partial charge in [-0.2, -0.15) is 0 Å². The Hall–Kier alpha value is -3.18. The first-order valence-corrected chi connectivity index (χ1v) is 12.4. The van der Waals surface area contributed by atoms with Gasteiger partial charge in [-0.1, -0.05) is 61.5 Å². The van der Waals surface area contributed by atoms with Crippen LogP contribution in [0.25, 0.3) is 6.08 Å². The lowest BCUT2D eigenvalue weighted by Crippen LogP contribution is -2.59. The molecule has 3 aromatic rings. The number of hydrogen-bond donors (Lipinski definition) is 1. The van der Waals surface area contributed by atoms with Crippen molar-refractivity contribution in [2.24, 2.45) is 5.92 Å². The minimum atomic E-state index is -0.894. The molecular formula is C28H30N2O2S. The van der Waals surface area contributed by atoms with Crippen molar-refractivity contribution in [2.45, 2.75) is 44.7 Å². The van der Waals surface area contributed by atoms with Crippen LogP contribution in [-0.2, 0) is 16.1 Å². The minimum absolute atomic E-state index is 0.102. The molecule has 0 saturated heterocycles. The maximum atomic E-state index is 13.8. The Balaban J connectivity index is 1.69. The van der Waals surface area contributed by atoms with Gasteiger partial charge < -0.3 is 10.2 Å². The Labute approximate surface area is 200 Å². The van der Waals surface area contributed by atoms with Crippen LogP contribution in [0.4, 0.5) is 5.69 Å². The summed E-state index contributed by atoms with van der Waals surface area (Å²) in [6.45, 7) is 2.62. The zero-order valence-corrected chi connectivity index (χ0v) is 19.8. The van der Waals surface area contributed by atoms with Gasteiger partial charge in [0.1, 0.15) is 5.54 Å². The van der Waals surface area contributed by atoms with Crippen LogP contribution in [0.2, 0.25) is 0 Å². The van der Waals surface area contributed by atoms with Crippen LogP contribution in [0.15, 0.2) is 84.3 Å². The van der Waals surface area contributed by atoms with Gasteiger partial charge in [-0.15, -0.1) is 11.3 Å². The molecule has 0 spiro atoms. The van der Waals surface area contributed by atoms with Crippen LogP contribution in [0, 0.1) is 5.92 Å². The van der Waals surface area contributed by atoms with Crippen molar-refractivity contribution in [1.82, 2.24) is 4.90 Å². The molecule has 0 radical (unpaired) electrons. The highest BCUT2D eigenvalue weighted by Gasteiger charge is 2.47. The molecule has 5 heteroatoms. The lowest BCUT2D eigenvalue weighted by atomic mass is 9.75. The fraction of sp³-hybridized carbons (Fsp3) is 0.286.